The summed E-state index contributed by atoms with van der Waals surface area (Å²) in [5.74, 6) is 0.902. The summed E-state index contributed by atoms with van der Waals surface area (Å²) < 4.78 is 12.4. The van der Waals surface area contributed by atoms with Crippen LogP contribution >= 0.6 is 0 Å². The molecule has 6 aromatic rings. The van der Waals surface area contributed by atoms with E-state index in [0.717, 1.165) is 40.7 Å². The first-order valence-electron chi connectivity index (χ1n) is 19.7. The van der Waals surface area contributed by atoms with Crippen molar-refractivity contribution < 1.29 is 33.9 Å². The number of anilines is 1. The lowest BCUT2D eigenvalue weighted by Crippen LogP contribution is -2.40. The lowest BCUT2D eigenvalue weighted by atomic mass is 9.80. The second kappa shape index (κ2) is 19.8. The summed E-state index contributed by atoms with van der Waals surface area (Å²) in [6.45, 7) is 9.38. The number of hydrogen-bond acceptors (Lipinski definition) is 11. The number of nitrogens with one attached hydrogen (secondary N) is 2. The number of nitrogens with zero attached hydrogens (tertiary/aromatic N) is 5. The quantitative estimate of drug-likeness (QED) is 0.0870. The summed E-state index contributed by atoms with van der Waals surface area (Å²) in [6.07, 6.45) is 4.50. The van der Waals surface area contributed by atoms with E-state index < -0.39 is 7.12 Å². The van der Waals surface area contributed by atoms with E-state index in [2.05, 4.69) is 27.2 Å². The van der Waals surface area contributed by atoms with Crippen LogP contribution in [-0.4, -0.2) is 86.8 Å². The molecule has 3 heterocycles. The summed E-state index contributed by atoms with van der Waals surface area (Å²) in [7, 11) is 1.59. The summed E-state index contributed by atoms with van der Waals surface area (Å²) in [4.78, 5) is 47.8. The molecular weight excluding hydrogens is 775 g/mol. The molecule has 0 unspecified atom stereocenters. The zero-order valence-corrected chi connectivity index (χ0v) is 34.6. The highest BCUT2D eigenvalue weighted by atomic mass is 16.5. The van der Waals surface area contributed by atoms with Gasteiger partial charge in [0.05, 0.1) is 36.8 Å². The normalized spacial score (nSPS) is 13.4. The molecule has 6 N–H and O–H groups in total. The minimum absolute atomic E-state index is 0.0405. The number of fused-ring (bicyclic) bond motifs is 1. The van der Waals surface area contributed by atoms with E-state index in [1.807, 2.05) is 61.0 Å². The van der Waals surface area contributed by atoms with E-state index in [-0.39, 0.29) is 23.8 Å². The number of piperidine rings is 1. The van der Waals surface area contributed by atoms with Gasteiger partial charge in [0.1, 0.15) is 29.3 Å². The van der Waals surface area contributed by atoms with Gasteiger partial charge >= 0.3 is 7.12 Å². The number of likely N-dealkylation sites (tertiary alicyclic amines) is 1. The molecule has 0 saturated carbocycles. The van der Waals surface area contributed by atoms with Crippen molar-refractivity contribution in [3.05, 3.63) is 137 Å². The molecule has 1 aliphatic rings. The number of benzene rings is 4. The van der Waals surface area contributed by atoms with Crippen LogP contribution in [0.4, 0.5) is 5.82 Å². The standard InChI is InChI=1S/C29H31N7O3.C16H18BNO4/c1-4-24(37)35-13-5-6-21(16-35)36-28-25(27(30)32-17-33-28)26(34-36)20-10-8-19(9-11-20)15-31-29(38)22-14-18(2)7-12-23(22)39-3;1-11-3-8-15(22-2)14(9-11)16(19)18-10-12-4-6-13(7-5-12)17(20)21/h4,7-12,14,17,21H,1,5-6,13,15-16H2,2-3H3,(H,31,38)(H2,30,32,33);3-9,20-21H,10H2,1-2H3,(H,18,19)/t21-;/m1./s1. The molecule has 3 amide bonds. The van der Waals surface area contributed by atoms with Gasteiger partial charge in [0, 0.05) is 31.7 Å². The lowest BCUT2D eigenvalue weighted by Gasteiger charge is -2.32. The molecule has 0 radical (unpaired) electrons. The number of methoxy groups -OCH3 is 2. The second-order valence-electron chi connectivity index (χ2n) is 14.6. The van der Waals surface area contributed by atoms with Crippen molar-refractivity contribution in [1.29, 1.82) is 0 Å². The first kappa shape index (κ1) is 43.5. The molecule has 4 aromatic carbocycles. The van der Waals surface area contributed by atoms with Gasteiger partial charge in [-0.05, 0) is 73.6 Å². The van der Waals surface area contributed by atoms with E-state index in [9.17, 15) is 14.4 Å². The summed E-state index contributed by atoms with van der Waals surface area (Å²) in [5, 5.41) is 29.5. The molecule has 314 valence electrons. The summed E-state index contributed by atoms with van der Waals surface area (Å²) in [5.41, 5.74) is 13.6. The number of nitrogen functional groups attached to an aromatic ring is 1. The van der Waals surface area contributed by atoms with Gasteiger partial charge in [-0.15, -0.1) is 0 Å². The maximum atomic E-state index is 12.8. The number of nitrogens with two attached hydrogens (primary N) is 1. The fourth-order valence-electron chi connectivity index (χ4n) is 7.08. The fourth-order valence-corrected chi connectivity index (χ4v) is 7.08. The Kier molecular flexibility index (Phi) is 14.1. The highest BCUT2D eigenvalue weighted by Gasteiger charge is 2.28. The van der Waals surface area contributed by atoms with E-state index >= 15 is 0 Å². The van der Waals surface area contributed by atoms with E-state index in [0.29, 0.717) is 76.8 Å². The number of carbonyl (C=O) groups excluding carboxylic acids is 3. The van der Waals surface area contributed by atoms with Crippen molar-refractivity contribution >= 4 is 47.2 Å². The van der Waals surface area contributed by atoms with Crippen LogP contribution in [0.2, 0.25) is 0 Å². The summed E-state index contributed by atoms with van der Waals surface area (Å²) >= 11 is 0. The number of aryl methyl sites for hydroxylation is 2. The molecule has 61 heavy (non-hydrogen) atoms. The molecule has 0 spiro atoms. The average Bonchev–Trinajstić information content (AvgIpc) is 3.68. The van der Waals surface area contributed by atoms with Crippen LogP contribution in [0.3, 0.4) is 0 Å². The second-order valence-corrected chi connectivity index (χ2v) is 14.6. The van der Waals surface area contributed by atoms with E-state index in [1.165, 1.54) is 19.5 Å². The van der Waals surface area contributed by atoms with Crippen LogP contribution < -0.4 is 31.3 Å². The van der Waals surface area contributed by atoms with E-state index in [4.69, 9.17) is 30.4 Å². The molecule has 0 bridgehead atoms. The molecule has 1 atom stereocenters. The van der Waals surface area contributed by atoms with Crippen LogP contribution in [0.5, 0.6) is 11.5 Å². The van der Waals surface area contributed by atoms with Crippen LogP contribution in [-0.2, 0) is 17.9 Å². The molecule has 7 rings (SSSR count). The number of amides is 3. The molecule has 1 saturated heterocycles. The minimum Gasteiger partial charge on any atom is -0.496 e. The van der Waals surface area contributed by atoms with Crippen molar-refractivity contribution in [2.45, 2.75) is 45.8 Å². The van der Waals surface area contributed by atoms with Crippen LogP contribution in [0.1, 0.15) is 61.9 Å². The Balaban J connectivity index is 0.000000240. The van der Waals surface area contributed by atoms with Crippen LogP contribution in [0.15, 0.2) is 104 Å². The average molecular weight is 825 g/mol. The third kappa shape index (κ3) is 10.4. The van der Waals surface area contributed by atoms with Gasteiger partial charge in [0.2, 0.25) is 5.91 Å². The Labute approximate surface area is 354 Å². The Morgan fingerprint density at radius 3 is 1.93 bits per heavy atom. The van der Waals surface area contributed by atoms with Crippen LogP contribution in [0.25, 0.3) is 22.3 Å². The molecule has 1 fully saturated rings. The smallest absolute Gasteiger partial charge is 0.488 e. The predicted molar refractivity (Wildman–Crippen MR) is 234 cm³/mol. The Morgan fingerprint density at radius 2 is 1.41 bits per heavy atom. The lowest BCUT2D eigenvalue weighted by molar-refractivity contribution is -0.127. The Morgan fingerprint density at radius 1 is 0.852 bits per heavy atom. The topological polar surface area (TPSA) is 207 Å². The van der Waals surface area contributed by atoms with Crippen molar-refractivity contribution in [3.63, 3.8) is 0 Å². The maximum Gasteiger partial charge on any atom is 0.488 e. The van der Waals surface area contributed by atoms with Crippen LogP contribution in [0, 0.1) is 13.8 Å². The maximum absolute atomic E-state index is 12.8. The van der Waals surface area contributed by atoms with Gasteiger partial charge in [0.15, 0.2) is 5.65 Å². The van der Waals surface area contributed by atoms with Gasteiger partial charge in [-0.2, -0.15) is 5.10 Å². The van der Waals surface area contributed by atoms with Crippen molar-refractivity contribution in [1.82, 2.24) is 35.3 Å². The van der Waals surface area contributed by atoms with Crippen molar-refractivity contribution in [2.24, 2.45) is 0 Å². The molecule has 0 aliphatic carbocycles. The third-order valence-corrected chi connectivity index (χ3v) is 10.4. The zero-order valence-electron chi connectivity index (χ0n) is 34.6. The third-order valence-electron chi connectivity index (χ3n) is 10.4. The van der Waals surface area contributed by atoms with Crippen molar-refractivity contribution in [3.8, 4) is 22.8 Å². The molecule has 1 aliphatic heterocycles. The highest BCUT2D eigenvalue weighted by molar-refractivity contribution is 6.58. The number of ether oxygens (including phenoxy) is 2. The molecular formula is C45H49BN8O7. The largest absolute Gasteiger partial charge is 0.496 e. The summed E-state index contributed by atoms with van der Waals surface area (Å²) in [6, 6.07) is 25.4. The van der Waals surface area contributed by atoms with Crippen molar-refractivity contribution in [2.75, 3.05) is 33.0 Å². The van der Waals surface area contributed by atoms with Gasteiger partial charge in [-0.25, -0.2) is 14.6 Å². The molecule has 16 heteroatoms. The number of carbonyl (C=O) groups is 3. The minimum atomic E-state index is -1.49. The molecule has 15 nitrogen and oxygen atoms in total. The van der Waals surface area contributed by atoms with Gasteiger partial charge in [0.25, 0.3) is 11.8 Å². The first-order chi connectivity index (χ1) is 29.4. The van der Waals surface area contributed by atoms with E-state index in [1.54, 1.807) is 54.5 Å². The first-order valence-corrected chi connectivity index (χ1v) is 19.7. The Bertz CT molecular complexity index is 2530. The number of hydrogen-bond donors (Lipinski definition) is 5. The predicted octanol–water partition coefficient (Wildman–Crippen LogP) is 4.29. The van der Waals surface area contributed by atoms with Gasteiger partial charge in [-0.1, -0.05) is 78.4 Å². The number of aromatic nitrogens is 4. The van der Waals surface area contributed by atoms with Gasteiger partial charge in [-0.3, -0.25) is 14.4 Å². The SMILES string of the molecule is C=CC(=O)N1CCC[C@@H](n2nc(-c3ccc(CNC(=O)c4cc(C)ccc4OC)cc3)c3c(N)ncnc32)C1.COc1ccc(C)cc1C(=O)NCc1ccc(B(O)O)cc1. The fraction of sp³-hybridized carbons (Fsp3) is 0.244. The zero-order chi connectivity index (χ0) is 43.6. The van der Waals surface area contributed by atoms with Gasteiger partial charge < -0.3 is 40.8 Å². The monoisotopic (exact) mass is 824 g/mol. The Hall–Kier alpha value is -7.04. The molecule has 2 aromatic heterocycles. The number of rotatable bonds is 12. The highest BCUT2D eigenvalue weighted by Crippen LogP contribution is 2.34.